The minimum atomic E-state index is -4.28. The van der Waals surface area contributed by atoms with E-state index in [1.165, 1.54) is 173 Å². The molecule has 0 heterocycles. The molecule has 0 atom stereocenters. The minimum absolute atomic E-state index is 0.0770. The maximum Gasteiger partial charge on any atom is 0.295 e. The van der Waals surface area contributed by atoms with Crippen molar-refractivity contribution in [2.75, 3.05) is 0 Å². The molecule has 0 bridgehead atoms. The standard InChI is InChI=1S/C42H72O3S/c1-3-5-7-9-11-13-15-17-19-21-23-25-27-29-32-38-36-37-39(42-40(38)34-31-35-41(42)46(43,44)45)33-30-28-26-24-22-20-18-16-14-12-10-8-6-4-2/h31,34-37H,3-30,32-33H2,1-2H3,(H,43,44,45). The zero-order valence-corrected chi connectivity index (χ0v) is 31.1. The van der Waals surface area contributed by atoms with Crippen molar-refractivity contribution in [3.05, 3.63) is 41.5 Å². The first-order valence-electron chi connectivity index (χ1n) is 20.0. The molecule has 2 aromatic rings. The first-order valence-corrected chi connectivity index (χ1v) is 21.4. The molecule has 0 aromatic heterocycles. The largest absolute Gasteiger partial charge is 0.295 e. The lowest BCUT2D eigenvalue weighted by Crippen LogP contribution is -2.03. The van der Waals surface area contributed by atoms with E-state index in [-0.39, 0.29) is 4.90 Å². The zero-order valence-electron chi connectivity index (χ0n) is 30.3. The summed E-state index contributed by atoms with van der Waals surface area (Å²) in [5.41, 5.74) is 2.27. The van der Waals surface area contributed by atoms with Gasteiger partial charge in [-0.15, -0.1) is 0 Å². The van der Waals surface area contributed by atoms with Gasteiger partial charge in [0.15, 0.2) is 0 Å². The SMILES string of the molecule is CCCCCCCCCCCCCCCCc1ccc(CCCCCCCCCCCCCCCC)c2c(S(=O)(=O)O)cccc12. The summed E-state index contributed by atoms with van der Waals surface area (Å²) in [6.45, 7) is 4.56. The van der Waals surface area contributed by atoms with E-state index in [9.17, 15) is 13.0 Å². The quantitative estimate of drug-likeness (QED) is 0.0649. The normalized spacial score (nSPS) is 12.0. The molecule has 0 aliphatic heterocycles. The fraction of sp³-hybridized carbons (Fsp3) is 0.762. The minimum Gasteiger partial charge on any atom is -0.282 e. The third kappa shape index (κ3) is 18.2. The van der Waals surface area contributed by atoms with Crippen LogP contribution in [0.4, 0.5) is 0 Å². The number of rotatable bonds is 31. The number of fused-ring (bicyclic) bond motifs is 1. The molecule has 0 saturated carbocycles. The van der Waals surface area contributed by atoms with Crippen molar-refractivity contribution in [3.8, 4) is 0 Å². The predicted molar refractivity (Wildman–Crippen MR) is 202 cm³/mol. The van der Waals surface area contributed by atoms with E-state index in [0.717, 1.165) is 42.0 Å². The molecule has 0 spiro atoms. The highest BCUT2D eigenvalue weighted by atomic mass is 32.2. The molecule has 4 heteroatoms. The molecule has 0 unspecified atom stereocenters. The number of benzene rings is 2. The Balaban J connectivity index is 1.70. The second-order valence-corrected chi connectivity index (χ2v) is 15.6. The van der Waals surface area contributed by atoms with Gasteiger partial charge in [0.25, 0.3) is 10.1 Å². The van der Waals surface area contributed by atoms with Crippen LogP contribution in [0.2, 0.25) is 0 Å². The lowest BCUT2D eigenvalue weighted by Gasteiger charge is -2.14. The highest BCUT2D eigenvalue weighted by molar-refractivity contribution is 7.86. The maximum atomic E-state index is 12.4. The van der Waals surface area contributed by atoms with Crippen LogP contribution in [-0.2, 0) is 23.0 Å². The third-order valence-corrected chi connectivity index (χ3v) is 11.0. The van der Waals surface area contributed by atoms with Crippen LogP contribution in [0.5, 0.6) is 0 Å². The molecule has 0 aliphatic carbocycles. The van der Waals surface area contributed by atoms with E-state index in [4.69, 9.17) is 0 Å². The summed E-state index contributed by atoms with van der Waals surface area (Å²) >= 11 is 0. The molecule has 1 N–H and O–H groups in total. The molecule has 0 amide bonds. The summed E-state index contributed by atoms with van der Waals surface area (Å²) < 4.78 is 34.8. The Morgan fingerprint density at radius 1 is 0.435 bits per heavy atom. The summed E-state index contributed by atoms with van der Waals surface area (Å²) in [6, 6.07) is 9.77. The van der Waals surface area contributed by atoms with Gasteiger partial charge in [0, 0.05) is 5.39 Å². The van der Waals surface area contributed by atoms with Crippen LogP contribution in [0.15, 0.2) is 35.2 Å². The Morgan fingerprint density at radius 2 is 0.761 bits per heavy atom. The van der Waals surface area contributed by atoms with Crippen LogP contribution in [0.3, 0.4) is 0 Å². The topological polar surface area (TPSA) is 54.4 Å². The van der Waals surface area contributed by atoms with Crippen molar-refractivity contribution >= 4 is 20.9 Å². The van der Waals surface area contributed by atoms with Crippen molar-refractivity contribution in [3.63, 3.8) is 0 Å². The lowest BCUT2D eigenvalue weighted by molar-refractivity contribution is 0.484. The van der Waals surface area contributed by atoms with E-state index in [2.05, 4.69) is 32.0 Å². The summed E-state index contributed by atoms with van der Waals surface area (Å²) in [7, 11) is -4.28. The molecule has 0 saturated heterocycles. The molecular formula is C42H72O3S. The Labute approximate surface area is 285 Å². The Kier molecular flexibility index (Phi) is 23.5. The molecule has 2 rings (SSSR count). The molecule has 46 heavy (non-hydrogen) atoms. The molecular weight excluding hydrogens is 585 g/mol. The van der Waals surface area contributed by atoms with Crippen LogP contribution in [-0.4, -0.2) is 13.0 Å². The first kappa shape index (κ1) is 40.8. The van der Waals surface area contributed by atoms with E-state index >= 15 is 0 Å². The van der Waals surface area contributed by atoms with Gasteiger partial charge in [-0.2, -0.15) is 8.42 Å². The second-order valence-electron chi connectivity index (χ2n) is 14.2. The van der Waals surface area contributed by atoms with Gasteiger partial charge >= 0.3 is 0 Å². The predicted octanol–water partition coefficient (Wildman–Crippen LogP) is 14.1. The van der Waals surface area contributed by atoms with Crippen LogP contribution < -0.4 is 0 Å². The number of unbranched alkanes of at least 4 members (excludes halogenated alkanes) is 26. The molecule has 0 radical (unpaired) electrons. The number of hydrogen-bond donors (Lipinski definition) is 1. The monoisotopic (exact) mass is 657 g/mol. The summed E-state index contributed by atoms with van der Waals surface area (Å²) in [5.74, 6) is 0. The zero-order chi connectivity index (χ0) is 33.1. The van der Waals surface area contributed by atoms with Crippen molar-refractivity contribution in [2.24, 2.45) is 0 Å². The third-order valence-electron chi connectivity index (χ3n) is 10.1. The molecule has 2 aromatic carbocycles. The van der Waals surface area contributed by atoms with E-state index in [1.54, 1.807) is 12.1 Å². The Hall–Kier alpha value is -1.39. The smallest absolute Gasteiger partial charge is 0.282 e. The van der Waals surface area contributed by atoms with Crippen molar-refractivity contribution < 1.29 is 13.0 Å². The Bertz CT molecular complexity index is 1120. The van der Waals surface area contributed by atoms with Gasteiger partial charge in [-0.05, 0) is 48.3 Å². The van der Waals surface area contributed by atoms with E-state index < -0.39 is 10.1 Å². The van der Waals surface area contributed by atoms with Crippen LogP contribution in [0.1, 0.15) is 205 Å². The number of hydrogen-bond acceptors (Lipinski definition) is 2. The molecule has 264 valence electrons. The fourth-order valence-corrected chi connectivity index (χ4v) is 7.92. The van der Waals surface area contributed by atoms with Crippen molar-refractivity contribution in [1.82, 2.24) is 0 Å². The number of aryl methyl sites for hydroxylation is 2. The van der Waals surface area contributed by atoms with Gasteiger partial charge in [0.2, 0.25) is 0 Å². The average Bonchev–Trinajstić information content (AvgIpc) is 3.04. The van der Waals surface area contributed by atoms with E-state index in [1.807, 2.05) is 0 Å². The van der Waals surface area contributed by atoms with Gasteiger partial charge in [0.05, 0.1) is 0 Å². The summed E-state index contributed by atoms with van der Waals surface area (Å²) in [6.07, 6.45) is 39.3. The van der Waals surface area contributed by atoms with Crippen LogP contribution in [0.25, 0.3) is 10.8 Å². The van der Waals surface area contributed by atoms with Gasteiger partial charge < -0.3 is 0 Å². The van der Waals surface area contributed by atoms with Gasteiger partial charge in [-0.3, -0.25) is 4.55 Å². The van der Waals surface area contributed by atoms with Crippen LogP contribution >= 0.6 is 0 Å². The van der Waals surface area contributed by atoms with E-state index in [0.29, 0.717) is 0 Å². The van der Waals surface area contributed by atoms with Crippen molar-refractivity contribution in [2.45, 2.75) is 211 Å². The highest BCUT2D eigenvalue weighted by Gasteiger charge is 2.18. The average molecular weight is 657 g/mol. The first-order chi connectivity index (χ1) is 22.5. The molecule has 0 fully saturated rings. The fourth-order valence-electron chi connectivity index (χ4n) is 7.17. The van der Waals surface area contributed by atoms with Gasteiger partial charge in [-0.1, -0.05) is 205 Å². The Morgan fingerprint density at radius 3 is 1.13 bits per heavy atom. The second kappa shape index (κ2) is 26.6. The van der Waals surface area contributed by atoms with Crippen molar-refractivity contribution in [1.29, 1.82) is 0 Å². The summed E-state index contributed by atoms with van der Waals surface area (Å²) in [4.78, 5) is 0.0770. The highest BCUT2D eigenvalue weighted by Crippen LogP contribution is 2.31. The maximum absolute atomic E-state index is 12.4. The molecule has 3 nitrogen and oxygen atoms in total. The van der Waals surface area contributed by atoms with Gasteiger partial charge in [-0.25, -0.2) is 0 Å². The van der Waals surface area contributed by atoms with Gasteiger partial charge in [0.1, 0.15) is 4.90 Å². The lowest BCUT2D eigenvalue weighted by atomic mass is 9.93. The molecule has 0 aliphatic rings. The summed E-state index contributed by atoms with van der Waals surface area (Å²) in [5, 5.41) is 1.76. The van der Waals surface area contributed by atoms with Crippen LogP contribution in [0, 0.1) is 0 Å².